The first-order chi connectivity index (χ1) is 3.95. The summed E-state index contributed by atoms with van der Waals surface area (Å²) < 4.78 is 5.41. The first-order valence-corrected chi connectivity index (χ1v) is 3.30. The molecule has 3 heterocycles. The summed E-state index contributed by atoms with van der Waals surface area (Å²) in [7, 11) is 0. The van der Waals surface area contributed by atoms with Gasteiger partial charge in [0.05, 0.1) is 12.7 Å². The lowest BCUT2D eigenvalue weighted by molar-refractivity contribution is -0.0385. The highest BCUT2D eigenvalue weighted by atomic mass is 35.5. The lowest BCUT2D eigenvalue weighted by Crippen LogP contribution is -2.51. The number of ether oxygens (including phenoxy) is 1. The average molecular weight is 150 g/mol. The number of hydrogen-bond acceptors (Lipinski definition) is 2. The molecule has 1 N–H and O–H groups in total. The molecule has 3 saturated heterocycles. The Labute approximate surface area is 61.4 Å². The maximum absolute atomic E-state index is 5.41. The van der Waals surface area contributed by atoms with Crippen molar-refractivity contribution in [3.8, 4) is 0 Å². The maximum Gasteiger partial charge on any atom is 0.0700 e. The molecule has 0 aromatic carbocycles. The van der Waals surface area contributed by atoms with Gasteiger partial charge in [-0.3, -0.25) is 0 Å². The highest BCUT2D eigenvalue weighted by Gasteiger charge is 2.26. The molecule has 3 fully saturated rings. The van der Waals surface area contributed by atoms with E-state index in [-0.39, 0.29) is 12.4 Å². The average Bonchev–Trinajstić information content (AvgIpc) is 1.92. The zero-order chi connectivity index (χ0) is 5.40. The molecule has 0 spiro atoms. The Bertz CT molecular complexity index is 68.0. The summed E-state index contributed by atoms with van der Waals surface area (Å²) in [5.74, 6) is 0. The Kier molecular flexibility index (Phi) is 2.33. The molecule has 3 aliphatic heterocycles. The normalized spacial score (nSPS) is 40.0. The quantitative estimate of drug-likeness (QED) is 0.544. The molecular formula is C6H12ClNO. The largest absolute Gasteiger partial charge is 0.375 e. The Morgan fingerprint density at radius 1 is 1.33 bits per heavy atom. The van der Waals surface area contributed by atoms with Crippen molar-refractivity contribution in [3.05, 3.63) is 0 Å². The minimum absolute atomic E-state index is 0. The number of rotatable bonds is 0. The molecule has 2 atom stereocenters. The number of piperidine rings is 1. The molecule has 9 heavy (non-hydrogen) atoms. The fraction of sp³-hybridized carbons (Fsp3) is 1.00. The van der Waals surface area contributed by atoms with Gasteiger partial charge in [0, 0.05) is 12.6 Å². The van der Waals surface area contributed by atoms with Crippen LogP contribution in [-0.4, -0.2) is 25.3 Å². The van der Waals surface area contributed by atoms with Crippen molar-refractivity contribution in [1.82, 2.24) is 5.32 Å². The van der Waals surface area contributed by atoms with E-state index in [1.54, 1.807) is 0 Å². The summed E-state index contributed by atoms with van der Waals surface area (Å²) in [5, 5.41) is 3.39. The summed E-state index contributed by atoms with van der Waals surface area (Å²) in [6.45, 7) is 2.04. The fourth-order valence-electron chi connectivity index (χ4n) is 1.43. The molecule has 0 amide bonds. The van der Waals surface area contributed by atoms with Crippen molar-refractivity contribution in [2.45, 2.75) is 25.0 Å². The van der Waals surface area contributed by atoms with Crippen molar-refractivity contribution >= 4 is 12.4 Å². The Hall–Kier alpha value is 0.210. The van der Waals surface area contributed by atoms with Gasteiger partial charge in [0.2, 0.25) is 0 Å². The first kappa shape index (κ1) is 7.32. The molecule has 0 saturated carbocycles. The van der Waals surface area contributed by atoms with E-state index < -0.39 is 0 Å². The third-order valence-electron chi connectivity index (χ3n) is 2.00. The van der Waals surface area contributed by atoms with E-state index in [0.717, 1.165) is 13.2 Å². The van der Waals surface area contributed by atoms with E-state index in [0.29, 0.717) is 12.1 Å². The third-order valence-corrected chi connectivity index (χ3v) is 2.00. The van der Waals surface area contributed by atoms with Crippen molar-refractivity contribution in [2.75, 3.05) is 13.2 Å². The van der Waals surface area contributed by atoms with E-state index >= 15 is 0 Å². The summed E-state index contributed by atoms with van der Waals surface area (Å²) in [5.41, 5.74) is 0. The number of hydrogen-bond donors (Lipinski definition) is 1. The molecule has 0 aromatic heterocycles. The predicted molar refractivity (Wildman–Crippen MR) is 38.0 cm³/mol. The van der Waals surface area contributed by atoms with E-state index in [1.165, 1.54) is 12.8 Å². The van der Waals surface area contributed by atoms with Crippen LogP contribution >= 0.6 is 12.4 Å². The third kappa shape index (κ3) is 1.37. The smallest absolute Gasteiger partial charge is 0.0700 e. The van der Waals surface area contributed by atoms with Crippen LogP contribution < -0.4 is 5.32 Å². The summed E-state index contributed by atoms with van der Waals surface area (Å²) in [6.07, 6.45) is 3.14. The van der Waals surface area contributed by atoms with Crippen LogP contribution in [0.2, 0.25) is 0 Å². The lowest BCUT2D eigenvalue weighted by Gasteiger charge is -2.36. The van der Waals surface area contributed by atoms with Gasteiger partial charge in [-0.1, -0.05) is 0 Å². The SMILES string of the molecule is C1C[C@H]2CN[C@@H]1CO2.Cl. The minimum atomic E-state index is 0. The van der Waals surface area contributed by atoms with Crippen LogP contribution in [0.3, 0.4) is 0 Å². The second-order valence-electron chi connectivity index (χ2n) is 2.64. The summed E-state index contributed by atoms with van der Waals surface area (Å²) >= 11 is 0. The van der Waals surface area contributed by atoms with E-state index in [2.05, 4.69) is 5.32 Å². The van der Waals surface area contributed by atoms with Crippen LogP contribution in [0.5, 0.6) is 0 Å². The van der Waals surface area contributed by atoms with Crippen molar-refractivity contribution in [2.24, 2.45) is 0 Å². The Balaban J connectivity index is 0.000000405. The standard InChI is InChI=1S/C6H11NO.ClH/c1-2-6-3-7-5(1)4-8-6;/h5-7H,1-4H2;1H/t5-,6-;/m0./s1. The topological polar surface area (TPSA) is 21.3 Å². The van der Waals surface area contributed by atoms with E-state index in [1.807, 2.05) is 0 Å². The molecule has 0 aromatic rings. The highest BCUT2D eigenvalue weighted by molar-refractivity contribution is 5.85. The Morgan fingerprint density at radius 2 is 2.22 bits per heavy atom. The van der Waals surface area contributed by atoms with E-state index in [4.69, 9.17) is 4.74 Å². The second kappa shape index (κ2) is 2.86. The molecule has 3 heteroatoms. The molecule has 2 nitrogen and oxygen atoms in total. The van der Waals surface area contributed by atoms with Gasteiger partial charge in [-0.25, -0.2) is 0 Å². The van der Waals surface area contributed by atoms with Crippen molar-refractivity contribution in [1.29, 1.82) is 0 Å². The molecule has 0 radical (unpaired) electrons. The number of fused-ring (bicyclic) bond motifs is 3. The predicted octanol–water partition coefficient (Wildman–Crippen LogP) is 0.559. The van der Waals surface area contributed by atoms with Gasteiger partial charge in [-0.05, 0) is 12.8 Å². The van der Waals surface area contributed by atoms with Gasteiger partial charge in [-0.2, -0.15) is 0 Å². The van der Waals surface area contributed by atoms with Crippen LogP contribution in [0.1, 0.15) is 12.8 Å². The van der Waals surface area contributed by atoms with Crippen LogP contribution in [0.15, 0.2) is 0 Å². The highest BCUT2D eigenvalue weighted by Crippen LogP contribution is 2.17. The van der Waals surface area contributed by atoms with Crippen LogP contribution in [0, 0.1) is 0 Å². The zero-order valence-electron chi connectivity index (χ0n) is 5.30. The molecule has 0 aliphatic carbocycles. The molecule has 0 unspecified atom stereocenters. The van der Waals surface area contributed by atoms with Gasteiger partial charge in [0.15, 0.2) is 0 Å². The van der Waals surface area contributed by atoms with Gasteiger partial charge in [0.1, 0.15) is 0 Å². The lowest BCUT2D eigenvalue weighted by atomic mass is 10.0. The van der Waals surface area contributed by atoms with Gasteiger partial charge in [0.25, 0.3) is 0 Å². The summed E-state index contributed by atoms with van der Waals surface area (Å²) in [6, 6.07) is 0.681. The fourth-order valence-corrected chi connectivity index (χ4v) is 1.43. The van der Waals surface area contributed by atoms with Crippen LogP contribution in [0.4, 0.5) is 0 Å². The molecule has 3 rings (SSSR count). The van der Waals surface area contributed by atoms with Gasteiger partial charge >= 0.3 is 0 Å². The minimum Gasteiger partial charge on any atom is -0.375 e. The molecule has 2 bridgehead atoms. The number of halogens is 1. The molecule has 3 aliphatic rings. The molecular weight excluding hydrogens is 138 g/mol. The number of morpholine rings is 1. The Morgan fingerprint density at radius 3 is 2.33 bits per heavy atom. The van der Waals surface area contributed by atoms with Gasteiger partial charge < -0.3 is 10.1 Å². The molecule has 54 valence electrons. The van der Waals surface area contributed by atoms with E-state index in [9.17, 15) is 0 Å². The first-order valence-electron chi connectivity index (χ1n) is 3.30. The monoisotopic (exact) mass is 149 g/mol. The zero-order valence-corrected chi connectivity index (χ0v) is 6.12. The van der Waals surface area contributed by atoms with Crippen LogP contribution in [0.25, 0.3) is 0 Å². The van der Waals surface area contributed by atoms with Crippen molar-refractivity contribution in [3.63, 3.8) is 0 Å². The second-order valence-corrected chi connectivity index (χ2v) is 2.64. The van der Waals surface area contributed by atoms with Gasteiger partial charge in [-0.15, -0.1) is 12.4 Å². The summed E-state index contributed by atoms with van der Waals surface area (Å²) in [4.78, 5) is 0. The maximum atomic E-state index is 5.41. The van der Waals surface area contributed by atoms with Crippen molar-refractivity contribution < 1.29 is 4.74 Å². The number of nitrogens with one attached hydrogen (secondary N) is 1. The van der Waals surface area contributed by atoms with Crippen LogP contribution in [-0.2, 0) is 4.74 Å².